The van der Waals surface area contributed by atoms with E-state index in [9.17, 15) is 9.90 Å². The topological polar surface area (TPSA) is 76.0 Å². The number of ether oxygens (including phenoxy) is 2. The summed E-state index contributed by atoms with van der Waals surface area (Å²) in [4.78, 5) is 10.9. The molecule has 0 aromatic heterocycles. The van der Waals surface area contributed by atoms with Crippen molar-refractivity contribution >= 4 is 5.97 Å². The Bertz CT molecular complexity index is 223. The van der Waals surface area contributed by atoms with Crippen LogP contribution in [0.5, 0.6) is 0 Å². The van der Waals surface area contributed by atoms with E-state index in [2.05, 4.69) is 22.6 Å². The number of aliphatic hydroxyl groups excluding tert-OH is 1. The Morgan fingerprint density at radius 1 is 1.69 bits per heavy atom. The van der Waals surface area contributed by atoms with Crippen LogP contribution in [0.25, 0.3) is 0 Å². The summed E-state index contributed by atoms with van der Waals surface area (Å²) >= 11 is 0. The van der Waals surface area contributed by atoms with Crippen LogP contribution in [0.2, 0.25) is 0 Å². The molecule has 0 rings (SSSR count). The van der Waals surface area contributed by atoms with E-state index in [-0.39, 0.29) is 5.57 Å². The van der Waals surface area contributed by atoms with Crippen molar-refractivity contribution in [2.24, 2.45) is 0 Å². The van der Waals surface area contributed by atoms with Crippen molar-refractivity contribution in [3.63, 3.8) is 0 Å². The van der Waals surface area contributed by atoms with E-state index in [4.69, 9.17) is 5.11 Å². The van der Waals surface area contributed by atoms with Crippen molar-refractivity contribution in [1.29, 1.82) is 0 Å². The smallest absolute Gasteiger partial charge is 0.395 e. The lowest BCUT2D eigenvalue weighted by Gasteiger charge is -2.23. The highest BCUT2D eigenvalue weighted by Gasteiger charge is 2.32. The zero-order valence-electron chi connectivity index (χ0n) is 7.32. The number of rotatable bonds is 5. The van der Waals surface area contributed by atoms with Crippen LogP contribution in [0, 0.1) is 0 Å². The molecular formula is C8H12O5. The van der Waals surface area contributed by atoms with Crippen LogP contribution in [0.4, 0.5) is 0 Å². The van der Waals surface area contributed by atoms with E-state index in [0.29, 0.717) is 0 Å². The Labute approximate surface area is 75.9 Å². The normalized spacial score (nSPS) is 14.1. The van der Waals surface area contributed by atoms with E-state index in [1.807, 2.05) is 0 Å². The zero-order valence-corrected chi connectivity index (χ0v) is 7.32. The van der Waals surface area contributed by atoms with Crippen molar-refractivity contribution in [1.82, 2.24) is 0 Å². The van der Waals surface area contributed by atoms with Gasteiger partial charge in [-0.3, -0.25) is 0 Å². The molecule has 0 spiro atoms. The van der Waals surface area contributed by atoms with Gasteiger partial charge in [0.2, 0.25) is 0 Å². The molecule has 0 aliphatic carbocycles. The van der Waals surface area contributed by atoms with Crippen molar-refractivity contribution < 1.29 is 24.5 Å². The van der Waals surface area contributed by atoms with E-state index >= 15 is 0 Å². The van der Waals surface area contributed by atoms with Crippen LogP contribution in [-0.4, -0.2) is 28.8 Å². The van der Waals surface area contributed by atoms with Gasteiger partial charge in [-0.15, -0.1) is 0 Å². The molecule has 0 saturated heterocycles. The SMILES string of the molecule is C=COC(O)(CO)OC(=O)C(=C)C. The van der Waals surface area contributed by atoms with Crippen molar-refractivity contribution in [2.45, 2.75) is 12.9 Å². The summed E-state index contributed by atoms with van der Waals surface area (Å²) in [5.41, 5.74) is 0.0829. The molecule has 1 unspecified atom stereocenters. The molecule has 0 bridgehead atoms. The van der Waals surface area contributed by atoms with Gasteiger partial charge >= 0.3 is 11.9 Å². The number of aliphatic hydroxyl groups is 2. The third-order valence-electron chi connectivity index (χ3n) is 1.07. The molecule has 5 nitrogen and oxygen atoms in total. The molecule has 0 radical (unpaired) electrons. The molecule has 0 aromatic carbocycles. The minimum atomic E-state index is -2.38. The van der Waals surface area contributed by atoms with Crippen molar-refractivity contribution in [3.8, 4) is 0 Å². The summed E-state index contributed by atoms with van der Waals surface area (Å²) in [5.74, 6) is -3.24. The first-order valence-electron chi connectivity index (χ1n) is 3.46. The first kappa shape index (κ1) is 11.7. The third-order valence-corrected chi connectivity index (χ3v) is 1.07. The lowest BCUT2D eigenvalue weighted by atomic mass is 10.4. The van der Waals surface area contributed by atoms with Gasteiger partial charge in [-0.25, -0.2) is 4.79 Å². The van der Waals surface area contributed by atoms with Crippen LogP contribution in [0.3, 0.4) is 0 Å². The van der Waals surface area contributed by atoms with Gasteiger partial charge in [-0.05, 0) is 6.92 Å². The second-order valence-corrected chi connectivity index (χ2v) is 2.33. The van der Waals surface area contributed by atoms with Gasteiger partial charge < -0.3 is 19.7 Å². The molecule has 0 aromatic rings. The Morgan fingerprint density at radius 2 is 2.23 bits per heavy atom. The summed E-state index contributed by atoms with van der Waals surface area (Å²) in [6, 6.07) is 0. The molecule has 0 aliphatic heterocycles. The van der Waals surface area contributed by atoms with Crippen LogP contribution < -0.4 is 0 Å². The summed E-state index contributed by atoms with van der Waals surface area (Å²) in [6.45, 7) is 6.93. The number of hydrogen-bond donors (Lipinski definition) is 2. The Kier molecular flexibility index (Phi) is 4.16. The van der Waals surface area contributed by atoms with Crippen LogP contribution >= 0.6 is 0 Å². The molecule has 0 saturated carbocycles. The average molecular weight is 188 g/mol. The fourth-order valence-electron chi connectivity index (χ4n) is 0.456. The molecule has 0 fully saturated rings. The van der Waals surface area contributed by atoms with Crippen molar-refractivity contribution in [2.75, 3.05) is 6.61 Å². The van der Waals surface area contributed by atoms with Gasteiger partial charge in [0.1, 0.15) is 6.61 Å². The second-order valence-electron chi connectivity index (χ2n) is 2.33. The van der Waals surface area contributed by atoms with Crippen LogP contribution in [0.15, 0.2) is 25.0 Å². The maximum absolute atomic E-state index is 10.9. The molecule has 13 heavy (non-hydrogen) atoms. The maximum atomic E-state index is 10.9. The Morgan fingerprint density at radius 3 is 2.54 bits per heavy atom. The van der Waals surface area contributed by atoms with Crippen molar-refractivity contribution in [3.05, 3.63) is 25.0 Å². The predicted octanol–water partition coefficient (Wildman–Crippen LogP) is -0.0958. The standard InChI is InChI=1S/C8H12O5/c1-4-12-8(11,5-9)13-7(10)6(2)3/h4,9,11H,1-2,5H2,3H3. The molecular weight excluding hydrogens is 176 g/mol. The lowest BCUT2D eigenvalue weighted by molar-refractivity contribution is -0.332. The quantitative estimate of drug-likeness (QED) is 0.273. The zero-order chi connectivity index (χ0) is 10.5. The Balaban J connectivity index is 4.34. The molecule has 1 atom stereocenters. The highest BCUT2D eigenvalue weighted by atomic mass is 16.8. The minimum absolute atomic E-state index is 0.0829. The summed E-state index contributed by atoms with van der Waals surface area (Å²) in [5, 5.41) is 17.8. The van der Waals surface area contributed by atoms with Gasteiger partial charge in [0.05, 0.1) is 6.26 Å². The number of carbonyl (C=O) groups excluding carboxylic acids is 1. The first-order valence-corrected chi connectivity index (χ1v) is 3.46. The third kappa shape index (κ3) is 3.73. The summed E-state index contributed by atoms with van der Waals surface area (Å²) in [6.07, 6.45) is 0.849. The Hall–Kier alpha value is -1.33. The van der Waals surface area contributed by atoms with E-state index in [1.165, 1.54) is 6.92 Å². The van der Waals surface area contributed by atoms with Gasteiger partial charge in [0.15, 0.2) is 0 Å². The first-order chi connectivity index (χ1) is 5.95. The highest BCUT2D eigenvalue weighted by Crippen LogP contribution is 2.10. The fourth-order valence-corrected chi connectivity index (χ4v) is 0.456. The largest absolute Gasteiger partial charge is 0.437 e. The lowest BCUT2D eigenvalue weighted by Crippen LogP contribution is -2.40. The van der Waals surface area contributed by atoms with E-state index in [1.54, 1.807) is 0 Å². The van der Waals surface area contributed by atoms with Crippen LogP contribution in [-0.2, 0) is 14.3 Å². The van der Waals surface area contributed by atoms with Gasteiger partial charge in [0, 0.05) is 5.57 Å². The maximum Gasteiger partial charge on any atom is 0.395 e. The molecule has 5 heteroatoms. The minimum Gasteiger partial charge on any atom is -0.437 e. The molecule has 0 amide bonds. The van der Waals surface area contributed by atoms with Gasteiger partial charge in [-0.2, -0.15) is 0 Å². The van der Waals surface area contributed by atoms with Gasteiger partial charge in [0.25, 0.3) is 0 Å². The fraction of sp³-hybridized carbons (Fsp3) is 0.375. The molecule has 0 heterocycles. The van der Waals surface area contributed by atoms with E-state index in [0.717, 1.165) is 6.26 Å². The second kappa shape index (κ2) is 4.64. The van der Waals surface area contributed by atoms with E-state index < -0.39 is 18.5 Å². The summed E-state index contributed by atoms with van der Waals surface area (Å²) in [7, 11) is 0. The predicted molar refractivity (Wildman–Crippen MR) is 44.2 cm³/mol. The molecule has 0 aliphatic rings. The highest BCUT2D eigenvalue weighted by molar-refractivity contribution is 5.87. The average Bonchev–Trinajstić information content (AvgIpc) is 2.04. The van der Waals surface area contributed by atoms with Crippen LogP contribution in [0.1, 0.15) is 6.92 Å². The monoisotopic (exact) mass is 188 g/mol. The molecule has 74 valence electrons. The summed E-state index contributed by atoms with van der Waals surface area (Å²) < 4.78 is 8.75. The number of hydrogen-bond acceptors (Lipinski definition) is 5. The number of esters is 1. The number of carbonyl (C=O) groups is 1. The molecule has 2 N–H and O–H groups in total. The van der Waals surface area contributed by atoms with Gasteiger partial charge in [-0.1, -0.05) is 13.2 Å².